The minimum Gasteiger partial charge on any atom is -0.352 e. The van der Waals surface area contributed by atoms with Gasteiger partial charge in [0.2, 0.25) is 5.91 Å². The van der Waals surface area contributed by atoms with Crippen LogP contribution in [0.25, 0.3) is 0 Å². The topological polar surface area (TPSA) is 66.5 Å². The molecule has 104 valence electrons. The molecule has 0 radical (unpaired) electrons. The van der Waals surface area contributed by atoms with Crippen molar-refractivity contribution < 1.29 is 18.8 Å². The third-order valence-electron chi connectivity index (χ3n) is 2.87. The molecule has 0 aliphatic carbocycles. The Balaban J connectivity index is 1.74. The van der Waals surface area contributed by atoms with Gasteiger partial charge in [0, 0.05) is 31.7 Å². The number of nitrogens with one attached hydrogen (secondary N) is 1. The van der Waals surface area contributed by atoms with Crippen molar-refractivity contribution in [1.82, 2.24) is 10.2 Å². The van der Waals surface area contributed by atoms with E-state index in [-0.39, 0.29) is 31.2 Å². The minimum atomic E-state index is -0.402. The van der Waals surface area contributed by atoms with Crippen molar-refractivity contribution in [2.24, 2.45) is 0 Å². The molecule has 0 aromatic heterocycles. The molecule has 1 aromatic rings. The molecule has 1 heterocycles. The first-order chi connectivity index (χ1) is 9.56. The maximum absolute atomic E-state index is 12.7. The minimum absolute atomic E-state index is 0.0420. The van der Waals surface area contributed by atoms with Crippen molar-refractivity contribution in [3.05, 3.63) is 47.8 Å². The zero-order chi connectivity index (χ0) is 14.5. The molecule has 0 atom stereocenters. The highest BCUT2D eigenvalue weighted by atomic mass is 19.1. The van der Waals surface area contributed by atoms with Crippen LogP contribution in [-0.2, 0) is 20.9 Å². The Morgan fingerprint density at radius 2 is 1.70 bits per heavy atom. The van der Waals surface area contributed by atoms with Crippen LogP contribution >= 0.6 is 0 Å². The standard InChI is InChI=1S/C14H13FN2O3/c15-11-3-1-10(2-4-11)9-16-12(18)7-8-17-13(19)5-6-14(17)20/h1-6H,7-9H2,(H,16,18). The van der Waals surface area contributed by atoms with Crippen molar-refractivity contribution in [3.8, 4) is 0 Å². The molecule has 1 N–H and O–H groups in total. The second-order valence-corrected chi connectivity index (χ2v) is 4.31. The molecule has 2 rings (SSSR count). The van der Waals surface area contributed by atoms with Gasteiger partial charge in [-0.2, -0.15) is 0 Å². The summed E-state index contributed by atoms with van der Waals surface area (Å²) in [6.07, 6.45) is 2.40. The summed E-state index contributed by atoms with van der Waals surface area (Å²) in [4.78, 5) is 35.1. The highest BCUT2D eigenvalue weighted by Crippen LogP contribution is 2.05. The molecule has 0 saturated heterocycles. The van der Waals surface area contributed by atoms with Gasteiger partial charge in [-0.3, -0.25) is 19.3 Å². The summed E-state index contributed by atoms with van der Waals surface area (Å²) in [5, 5.41) is 2.64. The summed E-state index contributed by atoms with van der Waals surface area (Å²) >= 11 is 0. The lowest BCUT2D eigenvalue weighted by Crippen LogP contribution is -2.34. The van der Waals surface area contributed by atoms with E-state index >= 15 is 0 Å². The fourth-order valence-corrected chi connectivity index (χ4v) is 1.76. The molecule has 0 bridgehead atoms. The summed E-state index contributed by atoms with van der Waals surface area (Å²) in [7, 11) is 0. The van der Waals surface area contributed by atoms with Gasteiger partial charge in [-0.25, -0.2) is 4.39 Å². The first-order valence-electron chi connectivity index (χ1n) is 6.11. The lowest BCUT2D eigenvalue weighted by molar-refractivity contribution is -0.137. The van der Waals surface area contributed by atoms with Gasteiger partial charge in [-0.05, 0) is 17.7 Å². The fourth-order valence-electron chi connectivity index (χ4n) is 1.76. The van der Waals surface area contributed by atoms with Crippen molar-refractivity contribution in [2.75, 3.05) is 6.54 Å². The van der Waals surface area contributed by atoms with E-state index in [4.69, 9.17) is 0 Å². The molecule has 1 aromatic carbocycles. The van der Waals surface area contributed by atoms with Crippen molar-refractivity contribution in [1.29, 1.82) is 0 Å². The van der Waals surface area contributed by atoms with E-state index in [1.54, 1.807) is 12.1 Å². The Hall–Kier alpha value is -2.50. The quantitative estimate of drug-likeness (QED) is 0.807. The van der Waals surface area contributed by atoms with E-state index in [2.05, 4.69) is 5.32 Å². The van der Waals surface area contributed by atoms with Crippen LogP contribution in [0.5, 0.6) is 0 Å². The number of hydrogen-bond donors (Lipinski definition) is 1. The number of amides is 3. The molecular formula is C14H13FN2O3. The largest absolute Gasteiger partial charge is 0.352 e. The summed E-state index contributed by atoms with van der Waals surface area (Å²) in [5.41, 5.74) is 0.773. The van der Waals surface area contributed by atoms with E-state index in [0.717, 1.165) is 10.5 Å². The van der Waals surface area contributed by atoms with Gasteiger partial charge in [0.05, 0.1) is 0 Å². The molecule has 6 heteroatoms. The summed E-state index contributed by atoms with van der Waals surface area (Å²) < 4.78 is 12.7. The first kappa shape index (κ1) is 13.9. The van der Waals surface area contributed by atoms with Crippen molar-refractivity contribution >= 4 is 17.7 Å². The van der Waals surface area contributed by atoms with Crippen molar-refractivity contribution in [2.45, 2.75) is 13.0 Å². The Bertz CT molecular complexity index is 548. The lowest BCUT2D eigenvalue weighted by Gasteiger charge is -2.13. The third-order valence-corrected chi connectivity index (χ3v) is 2.87. The van der Waals surface area contributed by atoms with E-state index in [9.17, 15) is 18.8 Å². The number of halogens is 1. The monoisotopic (exact) mass is 276 g/mol. The number of carbonyl (C=O) groups excluding carboxylic acids is 3. The van der Waals surface area contributed by atoms with Gasteiger partial charge in [-0.15, -0.1) is 0 Å². The SMILES string of the molecule is O=C(CCN1C(=O)C=CC1=O)NCc1ccc(F)cc1. The van der Waals surface area contributed by atoms with Crippen LogP contribution in [-0.4, -0.2) is 29.2 Å². The van der Waals surface area contributed by atoms with Crippen LogP contribution in [0.2, 0.25) is 0 Å². The number of carbonyl (C=O) groups is 3. The highest BCUT2D eigenvalue weighted by Gasteiger charge is 2.23. The van der Waals surface area contributed by atoms with Gasteiger partial charge >= 0.3 is 0 Å². The lowest BCUT2D eigenvalue weighted by atomic mass is 10.2. The Kier molecular flexibility index (Phi) is 4.24. The van der Waals surface area contributed by atoms with Crippen molar-refractivity contribution in [3.63, 3.8) is 0 Å². The normalized spacial score (nSPS) is 13.9. The van der Waals surface area contributed by atoms with Crippen LogP contribution < -0.4 is 5.32 Å². The molecule has 0 unspecified atom stereocenters. The smallest absolute Gasteiger partial charge is 0.253 e. The number of nitrogens with zero attached hydrogens (tertiary/aromatic N) is 1. The maximum Gasteiger partial charge on any atom is 0.253 e. The van der Waals surface area contributed by atoms with E-state index in [1.807, 2.05) is 0 Å². The number of benzene rings is 1. The van der Waals surface area contributed by atoms with Gasteiger partial charge in [0.15, 0.2) is 0 Å². The number of imide groups is 1. The molecule has 20 heavy (non-hydrogen) atoms. The zero-order valence-electron chi connectivity index (χ0n) is 10.6. The molecule has 3 amide bonds. The molecular weight excluding hydrogens is 263 g/mol. The average Bonchev–Trinajstić information content (AvgIpc) is 2.75. The van der Waals surface area contributed by atoms with Crippen LogP contribution in [0.4, 0.5) is 4.39 Å². The number of hydrogen-bond acceptors (Lipinski definition) is 3. The molecule has 0 fully saturated rings. The Morgan fingerprint density at radius 3 is 2.30 bits per heavy atom. The average molecular weight is 276 g/mol. The summed E-state index contributed by atoms with van der Waals surface area (Å²) in [6, 6.07) is 5.78. The number of rotatable bonds is 5. The maximum atomic E-state index is 12.7. The Morgan fingerprint density at radius 1 is 1.10 bits per heavy atom. The van der Waals surface area contributed by atoms with E-state index < -0.39 is 11.8 Å². The van der Waals surface area contributed by atoms with Crippen LogP contribution in [0.15, 0.2) is 36.4 Å². The molecule has 1 aliphatic heterocycles. The zero-order valence-corrected chi connectivity index (χ0v) is 10.6. The predicted molar refractivity (Wildman–Crippen MR) is 68.7 cm³/mol. The molecule has 1 aliphatic rings. The fraction of sp³-hybridized carbons (Fsp3) is 0.214. The van der Waals surface area contributed by atoms with Gasteiger partial charge in [0.25, 0.3) is 11.8 Å². The molecule has 5 nitrogen and oxygen atoms in total. The van der Waals surface area contributed by atoms with E-state index in [1.165, 1.54) is 24.3 Å². The van der Waals surface area contributed by atoms with Gasteiger partial charge in [-0.1, -0.05) is 12.1 Å². The first-order valence-corrected chi connectivity index (χ1v) is 6.11. The highest BCUT2D eigenvalue weighted by molar-refractivity contribution is 6.13. The predicted octanol–water partition coefficient (Wildman–Crippen LogP) is 0.757. The van der Waals surface area contributed by atoms with Gasteiger partial charge < -0.3 is 5.32 Å². The summed E-state index contributed by atoms with van der Waals surface area (Å²) in [5.74, 6) is -1.41. The van der Waals surface area contributed by atoms with Crippen LogP contribution in [0.1, 0.15) is 12.0 Å². The Labute approximate surface area is 115 Å². The second-order valence-electron chi connectivity index (χ2n) is 4.31. The third kappa shape index (κ3) is 3.50. The van der Waals surface area contributed by atoms with E-state index in [0.29, 0.717) is 0 Å². The molecule has 0 saturated carbocycles. The second kappa shape index (κ2) is 6.10. The van der Waals surface area contributed by atoms with Crippen LogP contribution in [0.3, 0.4) is 0 Å². The van der Waals surface area contributed by atoms with Gasteiger partial charge in [0.1, 0.15) is 5.82 Å². The van der Waals surface area contributed by atoms with Crippen LogP contribution in [0, 0.1) is 5.82 Å². The summed E-state index contributed by atoms with van der Waals surface area (Å²) in [6.45, 7) is 0.333. The molecule has 0 spiro atoms.